The van der Waals surface area contributed by atoms with Gasteiger partial charge in [-0.2, -0.15) is 0 Å². The van der Waals surface area contributed by atoms with Crippen LogP contribution in [0.2, 0.25) is 0 Å². The molecule has 0 spiro atoms. The summed E-state index contributed by atoms with van der Waals surface area (Å²) in [6, 6.07) is 46.0. The second-order valence-electron chi connectivity index (χ2n) is 11.3. The fourth-order valence-electron chi connectivity index (χ4n) is 6.64. The standard InChI is InChI=1S/C40H24F2N4/c41-27-18-14-25(15-19-27)33-24-34(26-16-20-28(42)21-17-26)44-40(43-33)46-36-13-7-5-11-32(36)38-37(46)23-22-31-30-10-4-6-12-35(30)45(39(31)38)29-8-2-1-3-9-29/h1-24H. The van der Waals surface area contributed by atoms with Gasteiger partial charge in [-0.1, -0.05) is 60.7 Å². The summed E-state index contributed by atoms with van der Waals surface area (Å²) >= 11 is 0. The van der Waals surface area contributed by atoms with Gasteiger partial charge in [-0.15, -0.1) is 0 Å². The number of aromatic nitrogens is 4. The highest BCUT2D eigenvalue weighted by atomic mass is 19.1. The average Bonchev–Trinajstić information content (AvgIpc) is 3.62. The molecule has 9 aromatic rings. The first-order chi connectivity index (χ1) is 22.6. The average molecular weight is 599 g/mol. The van der Waals surface area contributed by atoms with Gasteiger partial charge in [0.05, 0.1) is 33.5 Å². The molecule has 0 bridgehead atoms. The molecule has 218 valence electrons. The summed E-state index contributed by atoms with van der Waals surface area (Å²) in [6.07, 6.45) is 0. The van der Waals surface area contributed by atoms with Gasteiger partial charge >= 0.3 is 0 Å². The molecule has 0 unspecified atom stereocenters. The van der Waals surface area contributed by atoms with E-state index in [4.69, 9.17) is 9.97 Å². The normalized spacial score (nSPS) is 11.7. The molecule has 0 N–H and O–H groups in total. The van der Waals surface area contributed by atoms with Gasteiger partial charge in [-0.25, -0.2) is 18.7 Å². The molecule has 0 aliphatic carbocycles. The minimum absolute atomic E-state index is 0.322. The number of benzene rings is 6. The van der Waals surface area contributed by atoms with Crippen molar-refractivity contribution in [3.8, 4) is 34.2 Å². The monoisotopic (exact) mass is 598 g/mol. The van der Waals surface area contributed by atoms with Crippen LogP contribution < -0.4 is 0 Å². The Morgan fingerprint density at radius 2 is 0.978 bits per heavy atom. The lowest BCUT2D eigenvalue weighted by Crippen LogP contribution is -2.04. The second kappa shape index (κ2) is 10.2. The van der Waals surface area contributed by atoms with E-state index in [-0.39, 0.29) is 11.6 Å². The highest BCUT2D eigenvalue weighted by molar-refractivity contribution is 6.26. The second-order valence-corrected chi connectivity index (χ2v) is 11.3. The fraction of sp³-hybridized carbons (Fsp3) is 0. The van der Waals surface area contributed by atoms with Crippen molar-refractivity contribution in [1.82, 2.24) is 19.1 Å². The van der Waals surface area contributed by atoms with Crippen LogP contribution in [0.15, 0.2) is 146 Å². The third kappa shape index (κ3) is 4.04. The van der Waals surface area contributed by atoms with Crippen LogP contribution in [0.3, 0.4) is 0 Å². The van der Waals surface area contributed by atoms with E-state index in [1.165, 1.54) is 29.7 Å². The molecule has 6 aromatic carbocycles. The Morgan fingerprint density at radius 1 is 0.435 bits per heavy atom. The molecule has 9 rings (SSSR count). The van der Waals surface area contributed by atoms with Crippen LogP contribution in [-0.4, -0.2) is 19.1 Å². The van der Waals surface area contributed by atoms with Gasteiger partial charge in [0.1, 0.15) is 11.6 Å². The topological polar surface area (TPSA) is 35.6 Å². The van der Waals surface area contributed by atoms with E-state index >= 15 is 0 Å². The zero-order valence-electron chi connectivity index (χ0n) is 24.4. The van der Waals surface area contributed by atoms with Gasteiger partial charge in [0.25, 0.3) is 0 Å². The van der Waals surface area contributed by atoms with E-state index in [1.807, 2.05) is 18.2 Å². The molecule has 0 fully saturated rings. The lowest BCUT2D eigenvalue weighted by atomic mass is 10.1. The Kier molecular flexibility index (Phi) is 5.83. The van der Waals surface area contributed by atoms with Crippen molar-refractivity contribution in [3.05, 3.63) is 157 Å². The molecule has 0 saturated carbocycles. The van der Waals surface area contributed by atoms with Crippen LogP contribution >= 0.6 is 0 Å². The molecule has 0 atom stereocenters. The lowest BCUT2D eigenvalue weighted by molar-refractivity contribution is 0.627. The van der Waals surface area contributed by atoms with Crippen molar-refractivity contribution in [3.63, 3.8) is 0 Å². The third-order valence-electron chi connectivity index (χ3n) is 8.68. The van der Waals surface area contributed by atoms with E-state index in [9.17, 15) is 8.78 Å². The molecule has 0 radical (unpaired) electrons. The molecular formula is C40H24F2N4. The fourth-order valence-corrected chi connectivity index (χ4v) is 6.64. The number of hydrogen-bond donors (Lipinski definition) is 0. The number of hydrogen-bond acceptors (Lipinski definition) is 2. The van der Waals surface area contributed by atoms with E-state index in [1.54, 1.807) is 24.3 Å². The highest BCUT2D eigenvalue weighted by Crippen LogP contribution is 2.42. The number of halogens is 2. The van der Waals surface area contributed by atoms with E-state index in [0.29, 0.717) is 17.3 Å². The van der Waals surface area contributed by atoms with Gasteiger partial charge < -0.3 is 4.57 Å². The number of fused-ring (bicyclic) bond motifs is 7. The van der Waals surface area contributed by atoms with Crippen LogP contribution in [0.4, 0.5) is 8.78 Å². The van der Waals surface area contributed by atoms with Gasteiger partial charge in [0, 0.05) is 38.4 Å². The van der Waals surface area contributed by atoms with Crippen molar-refractivity contribution in [1.29, 1.82) is 0 Å². The largest absolute Gasteiger partial charge is 0.309 e. The molecule has 3 heterocycles. The van der Waals surface area contributed by atoms with Gasteiger partial charge in [-0.3, -0.25) is 4.57 Å². The van der Waals surface area contributed by atoms with Crippen LogP contribution in [0.5, 0.6) is 0 Å². The molecule has 0 aliphatic rings. The van der Waals surface area contributed by atoms with Crippen LogP contribution in [0.25, 0.3) is 77.8 Å². The maximum atomic E-state index is 13.9. The highest BCUT2D eigenvalue weighted by Gasteiger charge is 2.22. The summed E-state index contributed by atoms with van der Waals surface area (Å²) in [4.78, 5) is 10.1. The molecule has 4 nitrogen and oxygen atoms in total. The van der Waals surface area contributed by atoms with Crippen LogP contribution in [-0.2, 0) is 0 Å². The van der Waals surface area contributed by atoms with Crippen molar-refractivity contribution >= 4 is 43.6 Å². The number of para-hydroxylation sites is 3. The molecule has 0 aliphatic heterocycles. The zero-order valence-corrected chi connectivity index (χ0v) is 24.4. The minimum atomic E-state index is -0.322. The summed E-state index contributed by atoms with van der Waals surface area (Å²) in [5.41, 5.74) is 7.98. The Hall–Kier alpha value is -6.14. The van der Waals surface area contributed by atoms with Crippen molar-refractivity contribution in [2.24, 2.45) is 0 Å². The van der Waals surface area contributed by atoms with Crippen molar-refractivity contribution in [2.45, 2.75) is 0 Å². The predicted octanol–water partition coefficient (Wildman–Crippen LogP) is 10.3. The zero-order chi connectivity index (χ0) is 30.8. The van der Waals surface area contributed by atoms with E-state index in [2.05, 4.69) is 88.0 Å². The Balaban J connectivity index is 1.41. The minimum Gasteiger partial charge on any atom is -0.309 e. The first-order valence-corrected chi connectivity index (χ1v) is 15.1. The summed E-state index contributed by atoms with van der Waals surface area (Å²) in [7, 11) is 0. The third-order valence-corrected chi connectivity index (χ3v) is 8.68. The van der Waals surface area contributed by atoms with Gasteiger partial charge in [0.2, 0.25) is 5.95 Å². The summed E-state index contributed by atoms with van der Waals surface area (Å²) in [6.45, 7) is 0. The smallest absolute Gasteiger partial charge is 0.235 e. The lowest BCUT2D eigenvalue weighted by Gasteiger charge is -2.12. The summed E-state index contributed by atoms with van der Waals surface area (Å²) in [5.74, 6) is -0.178. The van der Waals surface area contributed by atoms with Crippen LogP contribution in [0, 0.1) is 11.6 Å². The number of rotatable bonds is 4. The molecule has 46 heavy (non-hydrogen) atoms. The molecule has 6 heteroatoms. The molecular weight excluding hydrogens is 574 g/mol. The number of nitrogens with zero attached hydrogens (tertiary/aromatic N) is 4. The summed E-state index contributed by atoms with van der Waals surface area (Å²) in [5, 5.41) is 4.49. The maximum Gasteiger partial charge on any atom is 0.235 e. The summed E-state index contributed by atoms with van der Waals surface area (Å²) < 4.78 is 32.3. The molecule has 0 amide bonds. The Morgan fingerprint density at radius 3 is 1.61 bits per heavy atom. The van der Waals surface area contributed by atoms with Crippen molar-refractivity contribution < 1.29 is 8.78 Å². The quantitative estimate of drug-likeness (QED) is 0.202. The van der Waals surface area contributed by atoms with Crippen LogP contribution in [0.1, 0.15) is 0 Å². The van der Waals surface area contributed by atoms with E-state index in [0.717, 1.165) is 55.0 Å². The molecule has 3 aromatic heterocycles. The van der Waals surface area contributed by atoms with Gasteiger partial charge in [-0.05, 0) is 84.9 Å². The van der Waals surface area contributed by atoms with Gasteiger partial charge in [0.15, 0.2) is 0 Å². The molecule has 0 saturated heterocycles. The maximum absolute atomic E-state index is 13.9. The van der Waals surface area contributed by atoms with E-state index < -0.39 is 0 Å². The Bertz CT molecular complexity index is 2520. The first-order valence-electron chi connectivity index (χ1n) is 15.1. The van der Waals surface area contributed by atoms with Crippen molar-refractivity contribution in [2.75, 3.05) is 0 Å². The predicted molar refractivity (Wildman–Crippen MR) is 181 cm³/mol. The Labute approximate surface area is 262 Å². The first kappa shape index (κ1) is 26.3. The SMILES string of the molecule is Fc1ccc(-c2cc(-c3ccc(F)cc3)nc(-n3c4ccccc4c4c3ccc3c5ccccc5n(-c5ccccc5)c34)n2)cc1.